The van der Waals surface area contributed by atoms with Crippen LogP contribution in [0.1, 0.15) is 89.7 Å². The zero-order chi connectivity index (χ0) is 38.1. The highest BCUT2D eigenvalue weighted by molar-refractivity contribution is 5.96. The second-order valence-electron chi connectivity index (χ2n) is 17.3. The molecule has 298 valence electrons. The molecule has 2 aromatic rings. The molecule has 55 heavy (non-hydrogen) atoms. The molecule has 2 aromatic carbocycles. The molecule has 5 aliphatic heterocycles. The summed E-state index contributed by atoms with van der Waals surface area (Å²) in [4.78, 5) is 34.2. The number of carbonyl (C=O) groups excluding carboxylic acids is 3. The molecule has 3 aliphatic carbocycles. The van der Waals surface area contributed by atoms with E-state index in [2.05, 4.69) is 49.8 Å². The van der Waals surface area contributed by atoms with Gasteiger partial charge in [0, 0.05) is 5.41 Å². The summed E-state index contributed by atoms with van der Waals surface area (Å²) in [5, 5.41) is 0. The summed E-state index contributed by atoms with van der Waals surface area (Å²) in [6.07, 6.45) is 11.3. The third-order valence-corrected chi connectivity index (χ3v) is 12.7. The van der Waals surface area contributed by atoms with Gasteiger partial charge in [-0.15, -0.1) is 0 Å². The van der Waals surface area contributed by atoms with E-state index in [1.807, 2.05) is 24.3 Å². The predicted molar refractivity (Wildman–Crippen MR) is 200 cm³/mol. The minimum absolute atomic E-state index is 0.00258. The first kappa shape index (κ1) is 38.4. The molecule has 5 saturated heterocycles. The molecule has 3 saturated carbocycles. The maximum Gasteiger partial charge on any atom is 0.317 e. The van der Waals surface area contributed by atoms with E-state index in [9.17, 15) is 14.4 Å². The van der Waals surface area contributed by atoms with Gasteiger partial charge in [0.1, 0.15) is 36.9 Å². The van der Waals surface area contributed by atoms with Crippen molar-refractivity contribution in [3.05, 3.63) is 59.7 Å². The van der Waals surface area contributed by atoms with Gasteiger partial charge in [-0.3, -0.25) is 14.4 Å². The summed E-state index contributed by atoms with van der Waals surface area (Å²) in [6.45, 7) is 10.1. The second-order valence-corrected chi connectivity index (χ2v) is 17.3. The van der Waals surface area contributed by atoms with Crippen LogP contribution >= 0.6 is 0 Å². The Morgan fingerprint density at radius 1 is 0.655 bits per heavy atom. The first-order chi connectivity index (χ1) is 26.6. The zero-order valence-corrected chi connectivity index (χ0v) is 32.4. The van der Waals surface area contributed by atoms with Gasteiger partial charge in [-0.25, -0.2) is 0 Å². The Bertz CT molecular complexity index is 1590. The van der Waals surface area contributed by atoms with Gasteiger partial charge < -0.3 is 37.9 Å². The minimum Gasteiger partial charge on any atom is -0.491 e. The number of esters is 3. The number of epoxide rings is 4. The number of benzene rings is 2. The van der Waals surface area contributed by atoms with Gasteiger partial charge in [0.2, 0.25) is 0 Å². The van der Waals surface area contributed by atoms with E-state index >= 15 is 0 Å². The molecular weight excluding hydrogens is 704 g/mol. The molecule has 11 heteroatoms. The topological polar surface area (TPSA) is 138 Å². The summed E-state index contributed by atoms with van der Waals surface area (Å²) < 4.78 is 42.8. The van der Waals surface area contributed by atoms with E-state index < -0.39 is 0 Å². The number of carbonyl (C=O) groups is 3. The largest absolute Gasteiger partial charge is 0.491 e. The van der Waals surface area contributed by atoms with Crippen molar-refractivity contribution in [2.45, 2.75) is 121 Å². The SMILES string of the molecule is CC(C)(c1ccc(OCC2CO2)cc1)c1ccc(OCC2CO2)cc1.CC1CCC2C(=O)OC(=O)C2C1.O=C(OCC1CCC2OC2C1)C1CCC2OC2C1. The van der Waals surface area contributed by atoms with E-state index in [1.54, 1.807) is 0 Å². The lowest BCUT2D eigenvalue weighted by atomic mass is 9.76. The average Bonchev–Trinajstić information content (AvgIpc) is 4.00. The highest BCUT2D eigenvalue weighted by atomic mass is 16.6. The quantitative estimate of drug-likeness (QED) is 0.144. The smallest absolute Gasteiger partial charge is 0.317 e. The molecule has 0 N–H and O–H groups in total. The number of rotatable bonds is 11. The molecule has 8 aliphatic rings. The Labute approximate surface area is 324 Å². The van der Waals surface area contributed by atoms with Crippen molar-refractivity contribution >= 4 is 17.9 Å². The summed E-state index contributed by atoms with van der Waals surface area (Å²) in [5.74, 6) is 2.12. The van der Waals surface area contributed by atoms with Gasteiger partial charge >= 0.3 is 17.9 Å². The number of fused-ring (bicyclic) bond motifs is 3. The Kier molecular flexibility index (Phi) is 11.5. The highest BCUT2D eigenvalue weighted by Crippen LogP contribution is 2.42. The number of cyclic esters (lactones) is 2. The Hall–Kier alpha value is -3.51. The van der Waals surface area contributed by atoms with Crippen molar-refractivity contribution in [3.8, 4) is 11.5 Å². The third kappa shape index (κ3) is 10.1. The lowest BCUT2D eigenvalue weighted by Gasteiger charge is -2.26. The van der Waals surface area contributed by atoms with Crippen molar-refractivity contribution in [2.75, 3.05) is 33.0 Å². The second kappa shape index (κ2) is 16.5. The molecular formula is C44H56O11. The fourth-order valence-corrected chi connectivity index (χ4v) is 8.56. The third-order valence-electron chi connectivity index (χ3n) is 12.7. The van der Waals surface area contributed by atoms with Crippen LogP contribution in [0.2, 0.25) is 0 Å². The molecule has 0 bridgehead atoms. The van der Waals surface area contributed by atoms with Crippen LogP contribution in [-0.2, 0) is 48.2 Å². The Balaban J connectivity index is 0.000000124. The molecule has 0 aromatic heterocycles. The molecule has 0 radical (unpaired) electrons. The van der Waals surface area contributed by atoms with Gasteiger partial charge in [0.25, 0.3) is 0 Å². The van der Waals surface area contributed by atoms with Gasteiger partial charge in [-0.1, -0.05) is 45.0 Å². The normalized spacial score (nSPS) is 34.8. The molecule has 8 fully saturated rings. The molecule has 0 spiro atoms. The van der Waals surface area contributed by atoms with E-state index in [4.69, 9.17) is 33.2 Å². The van der Waals surface area contributed by atoms with E-state index in [-0.39, 0.29) is 53.3 Å². The standard InChI is InChI=1S/C21H24O4.C14H20O4.C9H12O3/c1-21(2,15-3-7-17(8-4-15)22-11-19-13-24-19)16-5-9-18(10-6-16)23-12-20-14-25-20;15-14(9-2-4-11-13(6-9)18-11)16-7-8-1-3-10-12(5-8)17-10;1-5-2-3-6-7(4-5)9(11)12-8(6)10/h3-10,19-20H,11-14H2,1-2H3;8-13H,1-7H2;5-7H,2-4H2,1H3. The maximum atomic E-state index is 12.0. The molecule has 11 atom stereocenters. The van der Waals surface area contributed by atoms with Crippen molar-refractivity contribution in [3.63, 3.8) is 0 Å². The Morgan fingerprint density at radius 3 is 1.75 bits per heavy atom. The summed E-state index contributed by atoms with van der Waals surface area (Å²) >= 11 is 0. The lowest BCUT2D eigenvalue weighted by Crippen LogP contribution is -2.27. The van der Waals surface area contributed by atoms with Gasteiger partial charge in [-0.2, -0.15) is 0 Å². The van der Waals surface area contributed by atoms with Crippen LogP contribution in [0.5, 0.6) is 11.5 Å². The van der Waals surface area contributed by atoms with Crippen molar-refractivity contribution in [1.29, 1.82) is 0 Å². The highest BCUT2D eigenvalue weighted by Gasteiger charge is 2.48. The van der Waals surface area contributed by atoms with Gasteiger partial charge in [0.05, 0.1) is 62.0 Å². The zero-order valence-electron chi connectivity index (χ0n) is 32.4. The lowest BCUT2D eigenvalue weighted by molar-refractivity contribution is -0.154. The predicted octanol–water partition coefficient (Wildman–Crippen LogP) is 6.35. The van der Waals surface area contributed by atoms with Crippen LogP contribution in [0.4, 0.5) is 0 Å². The van der Waals surface area contributed by atoms with Crippen LogP contribution in [0.15, 0.2) is 48.5 Å². The average molecular weight is 761 g/mol. The van der Waals surface area contributed by atoms with Crippen LogP contribution in [-0.4, -0.2) is 87.6 Å². The van der Waals surface area contributed by atoms with Crippen molar-refractivity contribution in [1.82, 2.24) is 0 Å². The van der Waals surface area contributed by atoms with E-state index in [1.165, 1.54) is 11.1 Å². The van der Waals surface area contributed by atoms with Gasteiger partial charge in [0.15, 0.2) is 0 Å². The molecule has 11 unspecified atom stereocenters. The summed E-state index contributed by atoms with van der Waals surface area (Å²) in [5.41, 5.74) is 2.42. The van der Waals surface area contributed by atoms with Crippen molar-refractivity contribution < 1.29 is 52.3 Å². The molecule has 0 amide bonds. The van der Waals surface area contributed by atoms with Crippen LogP contribution in [0, 0.1) is 29.6 Å². The first-order valence-electron chi connectivity index (χ1n) is 20.5. The first-order valence-corrected chi connectivity index (χ1v) is 20.5. The minimum atomic E-state index is -0.295. The van der Waals surface area contributed by atoms with Crippen LogP contribution in [0.3, 0.4) is 0 Å². The van der Waals surface area contributed by atoms with Gasteiger partial charge in [-0.05, 0) is 105 Å². The number of hydrogen-bond donors (Lipinski definition) is 0. The monoisotopic (exact) mass is 760 g/mol. The number of hydrogen-bond acceptors (Lipinski definition) is 11. The molecule has 11 nitrogen and oxygen atoms in total. The van der Waals surface area contributed by atoms with E-state index in [0.29, 0.717) is 56.1 Å². The maximum absolute atomic E-state index is 12.0. The van der Waals surface area contributed by atoms with E-state index in [0.717, 1.165) is 82.5 Å². The van der Waals surface area contributed by atoms with Crippen molar-refractivity contribution in [2.24, 2.45) is 29.6 Å². The summed E-state index contributed by atoms with van der Waals surface area (Å²) in [7, 11) is 0. The molecule has 10 rings (SSSR count). The fourth-order valence-electron chi connectivity index (χ4n) is 8.56. The van der Waals surface area contributed by atoms with Crippen LogP contribution < -0.4 is 9.47 Å². The molecule has 5 heterocycles. The van der Waals surface area contributed by atoms with Crippen LogP contribution in [0.25, 0.3) is 0 Å². The summed E-state index contributed by atoms with van der Waals surface area (Å²) in [6, 6.07) is 16.7. The number of ether oxygens (including phenoxy) is 8. The Morgan fingerprint density at radius 2 is 1.20 bits per heavy atom. The fraction of sp³-hybridized carbons (Fsp3) is 0.659.